The van der Waals surface area contributed by atoms with E-state index in [0.717, 1.165) is 23.9 Å². The maximum absolute atomic E-state index is 5.15. The van der Waals surface area contributed by atoms with Gasteiger partial charge in [0.05, 0.1) is 6.54 Å². The molecule has 0 bridgehead atoms. The molecule has 0 unspecified atom stereocenters. The third kappa shape index (κ3) is 2.46. The van der Waals surface area contributed by atoms with Crippen LogP contribution in [0, 0.1) is 18.3 Å². The van der Waals surface area contributed by atoms with Crippen LogP contribution in [-0.4, -0.2) is 16.5 Å². The number of nitrogens with one attached hydrogen (secondary N) is 1. The third-order valence-electron chi connectivity index (χ3n) is 2.29. The number of nitrogens with zero attached hydrogens (tertiary/aromatic N) is 2. The second kappa shape index (κ2) is 4.10. The van der Waals surface area contributed by atoms with Gasteiger partial charge in [-0.05, 0) is 25.2 Å². The molecule has 72 valence electrons. The van der Waals surface area contributed by atoms with Gasteiger partial charge < -0.3 is 5.32 Å². The van der Waals surface area contributed by atoms with E-state index in [1.165, 1.54) is 12.8 Å². The molecule has 0 atom stereocenters. The lowest BCUT2D eigenvalue weighted by Crippen LogP contribution is -2.02. The molecule has 0 amide bonds. The van der Waals surface area contributed by atoms with Crippen LogP contribution in [0.2, 0.25) is 0 Å². The van der Waals surface area contributed by atoms with Crippen molar-refractivity contribution in [2.45, 2.75) is 19.3 Å². The number of aromatic nitrogens is 2. The number of hydrogen-bond acceptors (Lipinski definition) is 3. The van der Waals surface area contributed by atoms with Crippen LogP contribution in [-0.2, 0) is 6.42 Å². The molecule has 1 heterocycles. The van der Waals surface area contributed by atoms with Crippen molar-refractivity contribution in [2.75, 3.05) is 11.9 Å². The fraction of sp³-hybridized carbons (Fsp3) is 0.455. The van der Waals surface area contributed by atoms with Gasteiger partial charge in [-0.1, -0.05) is 5.92 Å². The van der Waals surface area contributed by atoms with Crippen LogP contribution in [0.25, 0.3) is 0 Å². The Morgan fingerprint density at radius 3 is 3.07 bits per heavy atom. The molecule has 1 N–H and O–H groups in total. The molecule has 0 radical (unpaired) electrons. The molecule has 2 rings (SSSR count). The highest BCUT2D eigenvalue weighted by atomic mass is 15.0. The van der Waals surface area contributed by atoms with Crippen LogP contribution in [0.3, 0.4) is 0 Å². The highest BCUT2D eigenvalue weighted by Crippen LogP contribution is 2.32. The summed E-state index contributed by atoms with van der Waals surface area (Å²) in [7, 11) is 0. The predicted octanol–water partition coefficient (Wildman–Crippen LogP) is 1.47. The molecule has 1 fully saturated rings. The molecule has 0 aromatic carbocycles. The lowest BCUT2D eigenvalue weighted by atomic mass is 10.2. The van der Waals surface area contributed by atoms with Gasteiger partial charge in [0, 0.05) is 11.8 Å². The van der Waals surface area contributed by atoms with Gasteiger partial charge in [0.1, 0.15) is 12.1 Å². The Morgan fingerprint density at radius 1 is 1.50 bits per heavy atom. The molecule has 14 heavy (non-hydrogen) atoms. The van der Waals surface area contributed by atoms with E-state index in [9.17, 15) is 0 Å². The molecule has 1 aliphatic rings. The van der Waals surface area contributed by atoms with Gasteiger partial charge >= 0.3 is 0 Å². The van der Waals surface area contributed by atoms with Gasteiger partial charge in [0.25, 0.3) is 0 Å². The van der Waals surface area contributed by atoms with Crippen LogP contribution >= 0.6 is 0 Å². The minimum absolute atomic E-state index is 0.514. The van der Waals surface area contributed by atoms with Crippen LogP contribution in [0.5, 0.6) is 0 Å². The van der Waals surface area contributed by atoms with Crippen molar-refractivity contribution < 1.29 is 0 Å². The topological polar surface area (TPSA) is 37.8 Å². The summed E-state index contributed by atoms with van der Waals surface area (Å²) in [5.41, 5.74) is 1.11. The molecule has 3 nitrogen and oxygen atoms in total. The first kappa shape index (κ1) is 9.01. The van der Waals surface area contributed by atoms with E-state index >= 15 is 0 Å². The van der Waals surface area contributed by atoms with E-state index < -0.39 is 0 Å². The van der Waals surface area contributed by atoms with Gasteiger partial charge in [0.2, 0.25) is 0 Å². The first-order valence-electron chi connectivity index (χ1n) is 4.87. The minimum Gasteiger partial charge on any atom is -0.359 e. The Hall–Kier alpha value is -1.56. The van der Waals surface area contributed by atoms with Crippen molar-refractivity contribution in [1.29, 1.82) is 0 Å². The van der Waals surface area contributed by atoms with Crippen LogP contribution in [0.1, 0.15) is 18.5 Å². The Morgan fingerprint density at radius 2 is 2.36 bits per heavy atom. The summed E-state index contributed by atoms with van der Waals surface area (Å²) in [6.45, 7) is 0.514. The van der Waals surface area contributed by atoms with Crippen LogP contribution in [0.15, 0.2) is 12.4 Å². The smallest absolute Gasteiger partial charge is 0.130 e. The molecule has 0 aliphatic heterocycles. The van der Waals surface area contributed by atoms with E-state index in [1.807, 2.05) is 6.07 Å². The zero-order valence-corrected chi connectivity index (χ0v) is 8.03. The average molecular weight is 187 g/mol. The van der Waals surface area contributed by atoms with Gasteiger partial charge in [-0.2, -0.15) is 0 Å². The maximum Gasteiger partial charge on any atom is 0.130 e. The molecular formula is C11H13N3. The van der Waals surface area contributed by atoms with Crippen molar-refractivity contribution in [3.8, 4) is 12.3 Å². The van der Waals surface area contributed by atoms with Crippen molar-refractivity contribution in [2.24, 2.45) is 5.92 Å². The second-order valence-electron chi connectivity index (χ2n) is 3.60. The fourth-order valence-electron chi connectivity index (χ4n) is 1.37. The van der Waals surface area contributed by atoms with E-state index in [2.05, 4.69) is 21.2 Å². The summed E-state index contributed by atoms with van der Waals surface area (Å²) in [5.74, 6) is 4.20. The first-order chi connectivity index (χ1) is 6.88. The van der Waals surface area contributed by atoms with E-state index in [4.69, 9.17) is 6.42 Å². The summed E-state index contributed by atoms with van der Waals surface area (Å²) >= 11 is 0. The highest BCUT2D eigenvalue weighted by Gasteiger charge is 2.22. The van der Waals surface area contributed by atoms with Crippen LogP contribution < -0.4 is 5.32 Å². The highest BCUT2D eigenvalue weighted by molar-refractivity contribution is 5.36. The van der Waals surface area contributed by atoms with Gasteiger partial charge in [-0.15, -0.1) is 6.42 Å². The summed E-state index contributed by atoms with van der Waals surface area (Å²) in [6, 6.07) is 1.98. The van der Waals surface area contributed by atoms with Crippen molar-refractivity contribution >= 4 is 5.82 Å². The molecule has 0 saturated heterocycles. The molecule has 0 spiro atoms. The zero-order valence-electron chi connectivity index (χ0n) is 8.03. The Kier molecular flexibility index (Phi) is 2.64. The maximum atomic E-state index is 5.15. The van der Waals surface area contributed by atoms with E-state index in [-0.39, 0.29) is 0 Å². The van der Waals surface area contributed by atoms with Gasteiger partial charge in [-0.3, -0.25) is 0 Å². The predicted molar refractivity (Wildman–Crippen MR) is 55.8 cm³/mol. The molecular weight excluding hydrogens is 174 g/mol. The summed E-state index contributed by atoms with van der Waals surface area (Å²) < 4.78 is 0. The second-order valence-corrected chi connectivity index (χ2v) is 3.60. The largest absolute Gasteiger partial charge is 0.359 e. The summed E-state index contributed by atoms with van der Waals surface area (Å²) in [6.07, 6.45) is 10.5. The van der Waals surface area contributed by atoms with Gasteiger partial charge in [0.15, 0.2) is 0 Å². The van der Waals surface area contributed by atoms with E-state index in [0.29, 0.717) is 6.54 Å². The molecule has 1 saturated carbocycles. The van der Waals surface area contributed by atoms with E-state index in [1.54, 1.807) is 6.33 Å². The zero-order chi connectivity index (χ0) is 9.80. The Labute approximate surface area is 84.0 Å². The van der Waals surface area contributed by atoms with Crippen LogP contribution in [0.4, 0.5) is 5.82 Å². The monoisotopic (exact) mass is 187 g/mol. The number of hydrogen-bond donors (Lipinski definition) is 1. The Balaban J connectivity index is 1.98. The quantitative estimate of drug-likeness (QED) is 0.725. The molecule has 1 aromatic heterocycles. The molecule has 1 aromatic rings. The number of rotatable bonds is 4. The first-order valence-corrected chi connectivity index (χ1v) is 4.87. The number of anilines is 1. The van der Waals surface area contributed by atoms with Gasteiger partial charge in [-0.25, -0.2) is 9.97 Å². The average Bonchev–Trinajstić information content (AvgIpc) is 2.99. The molecule has 3 heteroatoms. The normalized spacial score (nSPS) is 14.8. The Bertz CT molecular complexity index is 350. The van der Waals surface area contributed by atoms with Crippen molar-refractivity contribution in [3.05, 3.63) is 18.1 Å². The van der Waals surface area contributed by atoms with Crippen molar-refractivity contribution in [3.63, 3.8) is 0 Å². The van der Waals surface area contributed by atoms with Crippen molar-refractivity contribution in [1.82, 2.24) is 9.97 Å². The summed E-state index contributed by atoms with van der Waals surface area (Å²) in [4.78, 5) is 8.31. The lowest BCUT2D eigenvalue weighted by molar-refractivity contribution is 0.799. The lowest BCUT2D eigenvalue weighted by Gasteiger charge is -2.03. The SMILES string of the molecule is C#CCNc1cc(CC2CC2)ncn1. The summed E-state index contributed by atoms with van der Waals surface area (Å²) in [5, 5.41) is 3.04. The third-order valence-corrected chi connectivity index (χ3v) is 2.29. The standard InChI is InChI=1S/C11H13N3/c1-2-5-12-11-7-10(13-8-14-11)6-9-3-4-9/h1,7-9H,3-6H2,(H,12,13,14). The fourth-order valence-corrected chi connectivity index (χ4v) is 1.37. The minimum atomic E-state index is 0.514. The molecule has 1 aliphatic carbocycles. The number of terminal acetylenes is 1.